The molecule has 0 bridgehead atoms. The molecule has 0 N–H and O–H groups in total. The molecule has 0 aliphatic heterocycles. The van der Waals surface area contributed by atoms with E-state index in [0.717, 1.165) is 0 Å². The molecular formula is C34H64FeSn2. The summed E-state index contributed by atoms with van der Waals surface area (Å²) in [5.41, 5.74) is 0. The third-order valence-corrected chi connectivity index (χ3v) is 24.6. The predicted molar refractivity (Wildman–Crippen MR) is 174 cm³/mol. The number of hydrogen-bond donors (Lipinski definition) is 0. The van der Waals surface area contributed by atoms with Crippen molar-refractivity contribution in [2.75, 3.05) is 0 Å². The normalized spacial score (nSPS) is 9.95. The van der Waals surface area contributed by atoms with Gasteiger partial charge in [-0.2, -0.15) is 36.4 Å². The van der Waals surface area contributed by atoms with E-state index in [1.807, 2.05) is 60.7 Å². The van der Waals surface area contributed by atoms with Crippen LogP contribution in [0.15, 0.2) is 60.7 Å². The quantitative estimate of drug-likeness (QED) is 0.105. The maximum atomic E-state index is 2.33. The van der Waals surface area contributed by atoms with Crippen molar-refractivity contribution in [2.24, 2.45) is 0 Å². The monoisotopic (exact) mass is 768 g/mol. The molecule has 2 aromatic rings. The molecule has 3 heteroatoms. The van der Waals surface area contributed by atoms with E-state index >= 15 is 0 Å². The fourth-order valence-electron chi connectivity index (χ4n) is 3.95. The molecule has 0 amide bonds. The Morgan fingerprint density at radius 1 is 0.378 bits per heavy atom. The van der Waals surface area contributed by atoms with Gasteiger partial charge in [-0.05, 0) is 0 Å². The fourth-order valence-corrected chi connectivity index (χ4v) is 22.9. The van der Waals surface area contributed by atoms with Gasteiger partial charge in [-0.15, -0.1) is 0 Å². The summed E-state index contributed by atoms with van der Waals surface area (Å²) >= 11 is -1.68. The Morgan fingerprint density at radius 3 is 0.676 bits per heavy atom. The Morgan fingerprint density at radius 2 is 0.568 bits per heavy atom. The van der Waals surface area contributed by atoms with E-state index in [2.05, 4.69) is 41.5 Å². The van der Waals surface area contributed by atoms with E-state index in [1.165, 1.54) is 77.0 Å². The van der Waals surface area contributed by atoms with Crippen molar-refractivity contribution in [3.05, 3.63) is 60.7 Å². The van der Waals surface area contributed by atoms with Crippen molar-refractivity contribution >= 4 is 39.5 Å². The Hall–Kier alpha value is 0.817. The van der Waals surface area contributed by atoms with E-state index in [-0.39, 0.29) is 17.1 Å². The first-order valence-corrected chi connectivity index (χ1v) is 27.8. The summed E-state index contributed by atoms with van der Waals surface area (Å²) in [6, 6.07) is 20.0. The third kappa shape index (κ3) is 36.8. The van der Waals surface area contributed by atoms with Crippen LogP contribution in [0.25, 0.3) is 0 Å². The Bertz CT molecular complexity index is 415. The molecule has 2 aromatic carbocycles. The molecule has 37 heavy (non-hydrogen) atoms. The smallest absolute Gasteiger partial charge is 0.214 e. The van der Waals surface area contributed by atoms with Crippen molar-refractivity contribution in [3.8, 4) is 0 Å². The van der Waals surface area contributed by atoms with Gasteiger partial charge in [-0.25, -0.2) is 24.3 Å². The second-order valence-electron chi connectivity index (χ2n) is 10.0. The fraction of sp³-hybridized carbons (Fsp3) is 0.706. The third-order valence-electron chi connectivity index (χ3n) is 6.41. The molecule has 0 heterocycles. The number of hydrogen-bond acceptors (Lipinski definition) is 0. The van der Waals surface area contributed by atoms with Gasteiger partial charge in [-0.1, -0.05) is 0 Å². The first-order chi connectivity index (χ1) is 17.7. The van der Waals surface area contributed by atoms with Gasteiger partial charge in [0.05, 0.1) is 0 Å². The van der Waals surface area contributed by atoms with Crippen LogP contribution in [-0.2, 0) is 17.1 Å². The number of unbranched alkanes of at least 4 members (excludes halogenated alkanes) is 6. The van der Waals surface area contributed by atoms with E-state index in [9.17, 15) is 0 Å². The maximum Gasteiger partial charge on any atom is 2.00 e. The van der Waals surface area contributed by atoms with Crippen molar-refractivity contribution in [1.29, 1.82) is 0 Å². The van der Waals surface area contributed by atoms with Crippen LogP contribution in [-0.4, -0.2) is 39.5 Å². The second-order valence-corrected chi connectivity index (χ2v) is 27.2. The zero-order valence-corrected chi connectivity index (χ0v) is 32.7. The van der Waals surface area contributed by atoms with Gasteiger partial charge in [0, 0.05) is 0 Å². The topological polar surface area (TPSA) is 0 Å². The van der Waals surface area contributed by atoms with Crippen molar-refractivity contribution in [1.82, 2.24) is 0 Å². The molecule has 0 aromatic heterocycles. The molecule has 0 saturated heterocycles. The average molecular weight is 766 g/mol. The second kappa shape index (κ2) is 39.0. The minimum absolute atomic E-state index is 0. The molecule has 0 nitrogen and oxygen atoms in total. The molecule has 0 unspecified atom stereocenters. The zero-order valence-electron chi connectivity index (χ0n) is 25.9. The van der Waals surface area contributed by atoms with Crippen LogP contribution < -0.4 is 0 Å². The average Bonchev–Trinajstić information content (AvgIpc) is 3.68. The molecule has 0 fully saturated rings. The van der Waals surface area contributed by atoms with Crippen LogP contribution in [0.4, 0.5) is 0 Å². The first kappa shape index (κ1) is 42.3. The number of rotatable bonds is 18. The van der Waals surface area contributed by atoms with Crippen molar-refractivity contribution < 1.29 is 17.1 Å². The predicted octanol–water partition coefficient (Wildman–Crippen LogP) is 12.6. The molecule has 0 aliphatic rings. The van der Waals surface area contributed by atoms with Crippen LogP contribution in [0.5, 0.6) is 0 Å². The summed E-state index contributed by atoms with van der Waals surface area (Å²) in [5.74, 6) is 0. The van der Waals surface area contributed by atoms with Gasteiger partial charge in [0.2, 0.25) is 0 Å². The van der Waals surface area contributed by atoms with Gasteiger partial charge in [0.25, 0.3) is 0 Å². The van der Waals surface area contributed by atoms with Gasteiger partial charge in [0.1, 0.15) is 0 Å². The SMILES string of the molecule is CCC[CH2][Sn]([CH2]CCC)[CH2]CCC.CCC[CH2][Sn]([CH2]CCC)[CH2]CCC.[Fe+2].c1cc[cH-]c1.c1cc[cH-]c1. The summed E-state index contributed by atoms with van der Waals surface area (Å²) in [4.78, 5) is 0. The minimum atomic E-state index is -0.839. The van der Waals surface area contributed by atoms with Crippen molar-refractivity contribution in [3.63, 3.8) is 0 Å². The largest absolute Gasteiger partial charge is 2.00 e. The first-order valence-electron chi connectivity index (χ1n) is 15.7. The van der Waals surface area contributed by atoms with E-state index in [0.29, 0.717) is 0 Å². The Balaban J connectivity index is -0.000000446. The van der Waals surface area contributed by atoms with Crippen LogP contribution in [0.1, 0.15) is 119 Å². The van der Waals surface area contributed by atoms with E-state index in [1.54, 1.807) is 26.6 Å². The van der Waals surface area contributed by atoms with Crippen molar-refractivity contribution in [2.45, 2.75) is 145 Å². The Labute approximate surface area is 260 Å². The van der Waals surface area contributed by atoms with Crippen LogP contribution >= 0.6 is 0 Å². The van der Waals surface area contributed by atoms with Crippen LogP contribution in [0, 0.1) is 0 Å². The molecular weight excluding hydrogens is 702 g/mol. The summed E-state index contributed by atoms with van der Waals surface area (Å²) in [6.45, 7) is 14.0. The molecule has 0 saturated carbocycles. The van der Waals surface area contributed by atoms with Crippen LogP contribution in [0.2, 0.25) is 26.6 Å². The standard InChI is InChI=1S/2C5H5.6C4H9.Fe.2Sn/c2*1-2-4-5-3-1;6*1-3-4-2;;;/h2*1-5H;6*1,3-4H2,2H3;;;/q2*-1;;;;;;;+2;;. The van der Waals surface area contributed by atoms with Gasteiger partial charge in [0.15, 0.2) is 0 Å². The summed E-state index contributed by atoms with van der Waals surface area (Å²) in [5, 5.41) is 0. The van der Waals surface area contributed by atoms with Gasteiger partial charge in [-0.3, -0.25) is 0 Å². The molecule has 2 radical (unpaired) electrons. The molecule has 0 atom stereocenters. The van der Waals surface area contributed by atoms with E-state index < -0.39 is 39.5 Å². The maximum absolute atomic E-state index is 2.33. The molecule has 0 aliphatic carbocycles. The van der Waals surface area contributed by atoms with E-state index in [4.69, 9.17) is 0 Å². The van der Waals surface area contributed by atoms with Gasteiger partial charge < -0.3 is 0 Å². The summed E-state index contributed by atoms with van der Waals surface area (Å²) in [7, 11) is 0. The molecule has 0 spiro atoms. The summed E-state index contributed by atoms with van der Waals surface area (Å²) < 4.78 is 10.1. The molecule has 2 rings (SSSR count). The zero-order chi connectivity index (χ0) is 27.0. The van der Waals surface area contributed by atoms with Crippen LogP contribution in [0.3, 0.4) is 0 Å². The minimum Gasteiger partial charge on any atom is -0.214 e. The Kier molecular flexibility index (Phi) is 44.5. The summed E-state index contributed by atoms with van der Waals surface area (Å²) in [6.07, 6.45) is 17.7. The van der Waals surface area contributed by atoms with Gasteiger partial charge >= 0.3 is 202 Å². The molecule has 216 valence electrons.